The fraction of sp³-hybridized carbons (Fsp3) is 0.333. The average Bonchev–Trinajstić information content (AvgIpc) is 2.30. The van der Waals surface area contributed by atoms with Gasteiger partial charge in [-0.15, -0.1) is 12.4 Å². The first-order valence-electron chi connectivity index (χ1n) is 3.80. The maximum atomic E-state index is 9.39. The second-order valence-corrected chi connectivity index (χ2v) is 3.00. The number of hydrogen-bond donors (Lipinski definition) is 2. The summed E-state index contributed by atoms with van der Waals surface area (Å²) < 4.78 is 0. The summed E-state index contributed by atoms with van der Waals surface area (Å²) >= 11 is 0. The molecule has 0 aliphatic heterocycles. The minimum atomic E-state index is -0.382. The van der Waals surface area contributed by atoms with Crippen LogP contribution in [0.2, 0.25) is 0 Å². The van der Waals surface area contributed by atoms with Crippen LogP contribution in [-0.2, 0) is 6.42 Å². The molecule has 3 N–H and O–H groups in total. The highest BCUT2D eigenvalue weighted by Crippen LogP contribution is 2.28. The molecule has 0 aromatic heterocycles. The molecule has 12 heavy (non-hydrogen) atoms. The normalized spacial score (nSPS) is 26.2. The largest absolute Gasteiger partial charge is 0.391 e. The van der Waals surface area contributed by atoms with Crippen molar-refractivity contribution in [3.05, 3.63) is 35.4 Å². The van der Waals surface area contributed by atoms with Gasteiger partial charge in [0.2, 0.25) is 0 Å². The van der Waals surface area contributed by atoms with Crippen molar-refractivity contribution < 1.29 is 5.11 Å². The summed E-state index contributed by atoms with van der Waals surface area (Å²) in [6.45, 7) is 0. The van der Waals surface area contributed by atoms with Gasteiger partial charge in [-0.05, 0) is 11.1 Å². The van der Waals surface area contributed by atoms with Crippen LogP contribution in [0.5, 0.6) is 0 Å². The van der Waals surface area contributed by atoms with Crippen molar-refractivity contribution in [1.29, 1.82) is 0 Å². The molecular weight excluding hydrogens is 174 g/mol. The minimum absolute atomic E-state index is 0. The quantitative estimate of drug-likeness (QED) is 0.634. The van der Waals surface area contributed by atoms with Crippen LogP contribution in [0.25, 0.3) is 0 Å². The highest BCUT2D eigenvalue weighted by atomic mass is 35.5. The molecule has 2 unspecified atom stereocenters. The molecule has 2 rings (SSSR count). The lowest BCUT2D eigenvalue weighted by Crippen LogP contribution is -2.21. The molecular formula is C9H12ClNO. The summed E-state index contributed by atoms with van der Waals surface area (Å²) in [5.74, 6) is 0. The Morgan fingerprint density at radius 3 is 2.67 bits per heavy atom. The number of hydrogen-bond acceptors (Lipinski definition) is 2. The van der Waals surface area contributed by atoms with Crippen LogP contribution < -0.4 is 5.73 Å². The number of halogens is 1. The van der Waals surface area contributed by atoms with Gasteiger partial charge in [0.15, 0.2) is 0 Å². The van der Waals surface area contributed by atoms with Crippen molar-refractivity contribution in [3.8, 4) is 0 Å². The number of rotatable bonds is 0. The Hall–Kier alpha value is -0.570. The predicted molar refractivity (Wildman–Crippen MR) is 50.3 cm³/mol. The summed E-state index contributed by atoms with van der Waals surface area (Å²) in [7, 11) is 0. The van der Waals surface area contributed by atoms with E-state index in [0.717, 1.165) is 5.56 Å². The van der Waals surface area contributed by atoms with E-state index >= 15 is 0 Å². The molecule has 0 saturated carbocycles. The molecule has 0 saturated heterocycles. The summed E-state index contributed by atoms with van der Waals surface area (Å²) in [6, 6.07) is 7.76. The molecule has 3 heteroatoms. The SMILES string of the molecule is Cl.NC1c2ccccc2CC1O. The Balaban J connectivity index is 0.000000720. The van der Waals surface area contributed by atoms with E-state index in [1.807, 2.05) is 24.3 Å². The van der Waals surface area contributed by atoms with Gasteiger partial charge in [0.1, 0.15) is 0 Å². The second kappa shape index (κ2) is 3.44. The first-order valence-corrected chi connectivity index (χ1v) is 3.80. The lowest BCUT2D eigenvalue weighted by atomic mass is 10.1. The molecule has 1 aromatic rings. The molecule has 1 aliphatic rings. The van der Waals surface area contributed by atoms with Crippen LogP contribution in [0, 0.1) is 0 Å². The Labute approximate surface area is 77.8 Å². The summed E-state index contributed by atoms with van der Waals surface area (Å²) in [4.78, 5) is 0. The molecule has 2 nitrogen and oxygen atoms in total. The highest BCUT2D eigenvalue weighted by Gasteiger charge is 2.26. The molecule has 0 spiro atoms. The average molecular weight is 186 g/mol. The van der Waals surface area contributed by atoms with E-state index in [-0.39, 0.29) is 24.6 Å². The first-order chi connectivity index (χ1) is 5.29. The van der Waals surface area contributed by atoms with Crippen LogP contribution >= 0.6 is 12.4 Å². The first kappa shape index (κ1) is 9.52. The lowest BCUT2D eigenvalue weighted by Gasteiger charge is -2.07. The maximum Gasteiger partial charge on any atom is 0.0773 e. The zero-order valence-corrected chi connectivity index (χ0v) is 7.42. The summed E-state index contributed by atoms with van der Waals surface area (Å²) in [5, 5.41) is 9.39. The molecule has 0 heterocycles. The molecule has 0 bridgehead atoms. The van der Waals surface area contributed by atoms with Gasteiger partial charge in [-0.25, -0.2) is 0 Å². The van der Waals surface area contributed by atoms with Gasteiger partial charge in [0.25, 0.3) is 0 Å². The number of aliphatic hydroxyl groups is 1. The van der Waals surface area contributed by atoms with E-state index < -0.39 is 0 Å². The van der Waals surface area contributed by atoms with Crippen molar-refractivity contribution >= 4 is 12.4 Å². The van der Waals surface area contributed by atoms with E-state index in [0.29, 0.717) is 6.42 Å². The fourth-order valence-corrected chi connectivity index (χ4v) is 1.60. The standard InChI is InChI=1S/C9H11NO.ClH/c10-9-7-4-2-1-3-6(7)5-8(9)11;/h1-4,8-9,11H,5,10H2;1H. The van der Waals surface area contributed by atoms with Crippen molar-refractivity contribution in [3.63, 3.8) is 0 Å². The van der Waals surface area contributed by atoms with Crippen molar-refractivity contribution in [2.75, 3.05) is 0 Å². The smallest absolute Gasteiger partial charge is 0.0773 e. The topological polar surface area (TPSA) is 46.2 Å². The number of aliphatic hydroxyl groups excluding tert-OH is 1. The van der Waals surface area contributed by atoms with Gasteiger partial charge < -0.3 is 10.8 Å². The van der Waals surface area contributed by atoms with Crippen LogP contribution in [0.4, 0.5) is 0 Å². The molecule has 66 valence electrons. The molecule has 1 aliphatic carbocycles. The Morgan fingerprint density at radius 2 is 2.00 bits per heavy atom. The number of nitrogens with two attached hydrogens (primary N) is 1. The van der Waals surface area contributed by atoms with Gasteiger partial charge in [-0.1, -0.05) is 24.3 Å². The van der Waals surface area contributed by atoms with Gasteiger partial charge in [-0.3, -0.25) is 0 Å². The van der Waals surface area contributed by atoms with Crippen LogP contribution in [0.15, 0.2) is 24.3 Å². The monoisotopic (exact) mass is 185 g/mol. The molecule has 1 aromatic carbocycles. The van der Waals surface area contributed by atoms with Gasteiger partial charge in [0, 0.05) is 6.42 Å². The van der Waals surface area contributed by atoms with E-state index in [1.54, 1.807) is 0 Å². The summed E-state index contributed by atoms with van der Waals surface area (Å²) in [6.07, 6.45) is 0.324. The van der Waals surface area contributed by atoms with E-state index in [9.17, 15) is 5.11 Å². The second-order valence-electron chi connectivity index (χ2n) is 3.00. The van der Waals surface area contributed by atoms with Crippen molar-refractivity contribution in [1.82, 2.24) is 0 Å². The molecule has 2 atom stereocenters. The molecule has 0 radical (unpaired) electrons. The minimum Gasteiger partial charge on any atom is -0.391 e. The third-order valence-corrected chi connectivity index (χ3v) is 2.26. The zero-order valence-electron chi connectivity index (χ0n) is 6.60. The van der Waals surface area contributed by atoms with Crippen molar-refractivity contribution in [2.45, 2.75) is 18.6 Å². The fourth-order valence-electron chi connectivity index (χ4n) is 1.60. The van der Waals surface area contributed by atoms with Gasteiger partial charge >= 0.3 is 0 Å². The van der Waals surface area contributed by atoms with E-state index in [2.05, 4.69) is 0 Å². The van der Waals surface area contributed by atoms with Crippen LogP contribution in [0.3, 0.4) is 0 Å². The lowest BCUT2D eigenvalue weighted by molar-refractivity contribution is 0.158. The van der Waals surface area contributed by atoms with E-state index in [1.165, 1.54) is 5.56 Å². The summed E-state index contributed by atoms with van der Waals surface area (Å²) in [5.41, 5.74) is 8.02. The third kappa shape index (κ3) is 1.33. The van der Waals surface area contributed by atoms with Gasteiger partial charge in [-0.2, -0.15) is 0 Å². The molecule has 0 fully saturated rings. The maximum absolute atomic E-state index is 9.39. The number of fused-ring (bicyclic) bond motifs is 1. The van der Waals surface area contributed by atoms with Crippen molar-refractivity contribution in [2.24, 2.45) is 5.73 Å². The van der Waals surface area contributed by atoms with Crippen LogP contribution in [-0.4, -0.2) is 11.2 Å². The van der Waals surface area contributed by atoms with Crippen LogP contribution in [0.1, 0.15) is 17.2 Å². The van der Waals surface area contributed by atoms with E-state index in [4.69, 9.17) is 5.73 Å². The third-order valence-electron chi connectivity index (χ3n) is 2.26. The van der Waals surface area contributed by atoms with Gasteiger partial charge in [0.05, 0.1) is 12.1 Å². The Kier molecular flexibility index (Phi) is 2.73. The highest BCUT2D eigenvalue weighted by molar-refractivity contribution is 5.85. The number of benzene rings is 1. The Bertz CT molecular complexity index is 277. The molecule has 0 amide bonds. The zero-order chi connectivity index (χ0) is 7.84. The predicted octanol–water partition coefficient (Wildman–Crippen LogP) is 1.03. The Morgan fingerprint density at radius 1 is 1.33 bits per heavy atom.